The van der Waals surface area contributed by atoms with Crippen molar-refractivity contribution in [2.24, 2.45) is 0 Å². The van der Waals surface area contributed by atoms with Gasteiger partial charge in [0.05, 0.1) is 6.20 Å². The van der Waals surface area contributed by atoms with Crippen LogP contribution in [0.15, 0.2) is 42.7 Å². The molecule has 0 saturated heterocycles. The number of rotatable bonds is 6. The molecule has 7 nitrogen and oxygen atoms in total. The Morgan fingerprint density at radius 2 is 1.68 bits per heavy atom. The fourth-order valence-corrected chi connectivity index (χ4v) is 1.93. The molecule has 12 heteroatoms. The smallest absolute Gasteiger partial charge is 0.433 e. The van der Waals surface area contributed by atoms with Crippen LogP contribution in [-0.2, 0) is 12.8 Å². The van der Waals surface area contributed by atoms with Crippen LogP contribution >= 0.6 is 0 Å². The lowest BCUT2D eigenvalue weighted by Gasteiger charge is -2.11. The van der Waals surface area contributed by atoms with E-state index in [-0.39, 0.29) is 12.6 Å². The summed E-state index contributed by atoms with van der Waals surface area (Å²) in [5.74, 6) is -2.14. The van der Waals surface area contributed by atoms with Gasteiger partial charge in [0.25, 0.3) is 0 Å². The van der Waals surface area contributed by atoms with Crippen molar-refractivity contribution >= 4 is 11.8 Å². The maximum atomic E-state index is 13.8. The van der Waals surface area contributed by atoms with Crippen molar-refractivity contribution < 1.29 is 26.7 Å². The summed E-state index contributed by atoms with van der Waals surface area (Å²) in [6, 6.07) is 5.96. The van der Waals surface area contributed by atoms with E-state index in [1.807, 2.05) is 0 Å². The number of benzene rings is 1. The molecule has 0 aliphatic rings. The van der Waals surface area contributed by atoms with E-state index in [0.29, 0.717) is 11.6 Å². The zero-order valence-electron chi connectivity index (χ0n) is 13.8. The molecule has 3 rings (SSSR count). The molecule has 0 saturated carbocycles. The highest BCUT2D eigenvalue weighted by atomic mass is 19.4. The zero-order valence-corrected chi connectivity index (χ0v) is 13.8. The number of hydrogen-bond donors (Lipinski definition) is 2. The molecule has 0 bridgehead atoms. The Kier molecular flexibility index (Phi) is 5.47. The maximum absolute atomic E-state index is 13.8. The van der Waals surface area contributed by atoms with Crippen LogP contribution in [0.2, 0.25) is 0 Å². The molecule has 0 amide bonds. The van der Waals surface area contributed by atoms with E-state index in [0.717, 1.165) is 12.4 Å². The Bertz CT molecular complexity index is 951. The number of halogens is 5. The van der Waals surface area contributed by atoms with Crippen LogP contribution in [0, 0.1) is 11.6 Å². The van der Waals surface area contributed by atoms with Crippen molar-refractivity contribution in [2.45, 2.75) is 12.8 Å². The molecule has 146 valence electrons. The van der Waals surface area contributed by atoms with Crippen molar-refractivity contribution in [3.05, 3.63) is 65.6 Å². The van der Waals surface area contributed by atoms with Gasteiger partial charge in [-0.15, -0.1) is 0 Å². The zero-order chi connectivity index (χ0) is 20.1. The van der Waals surface area contributed by atoms with E-state index < -0.39 is 35.3 Å². The summed E-state index contributed by atoms with van der Waals surface area (Å²) in [4.78, 5) is 14.2. The van der Waals surface area contributed by atoms with Gasteiger partial charge in [-0.2, -0.15) is 18.2 Å². The van der Waals surface area contributed by atoms with E-state index in [4.69, 9.17) is 4.74 Å². The first-order valence-electron chi connectivity index (χ1n) is 7.63. The van der Waals surface area contributed by atoms with Gasteiger partial charge in [-0.1, -0.05) is 12.1 Å². The van der Waals surface area contributed by atoms with E-state index in [1.165, 1.54) is 24.3 Å². The van der Waals surface area contributed by atoms with Gasteiger partial charge in [-0.05, 0) is 23.8 Å². The Balaban J connectivity index is 1.66. The summed E-state index contributed by atoms with van der Waals surface area (Å²) in [7, 11) is 0. The van der Waals surface area contributed by atoms with E-state index in [2.05, 4.69) is 30.8 Å². The van der Waals surface area contributed by atoms with Gasteiger partial charge in [0.15, 0.2) is 11.6 Å². The summed E-state index contributed by atoms with van der Waals surface area (Å²) < 4.78 is 69.9. The van der Waals surface area contributed by atoms with Crippen LogP contribution in [0.25, 0.3) is 0 Å². The summed E-state index contributed by atoms with van der Waals surface area (Å²) in [5, 5.41) is 0. The van der Waals surface area contributed by atoms with Gasteiger partial charge in [0.1, 0.15) is 18.1 Å². The van der Waals surface area contributed by atoms with Crippen molar-refractivity contribution in [3.8, 4) is 6.01 Å². The van der Waals surface area contributed by atoms with E-state index >= 15 is 0 Å². The van der Waals surface area contributed by atoms with Crippen molar-refractivity contribution in [3.63, 3.8) is 0 Å². The number of nitrogens with zero attached hydrogens (tertiary/aromatic N) is 4. The van der Waals surface area contributed by atoms with Crippen molar-refractivity contribution in [1.82, 2.24) is 19.9 Å². The normalized spacial score (nSPS) is 11.2. The van der Waals surface area contributed by atoms with Gasteiger partial charge in [0, 0.05) is 6.20 Å². The molecule has 0 radical (unpaired) electrons. The number of hydrazine groups is 1. The fraction of sp³-hybridized carbons (Fsp3) is 0.125. The average molecular weight is 398 g/mol. The van der Waals surface area contributed by atoms with E-state index in [9.17, 15) is 22.0 Å². The van der Waals surface area contributed by atoms with Gasteiger partial charge in [-0.25, -0.2) is 23.7 Å². The minimum Gasteiger partial charge on any atom is -0.459 e. The largest absolute Gasteiger partial charge is 0.459 e. The van der Waals surface area contributed by atoms with Gasteiger partial charge < -0.3 is 4.74 Å². The first-order chi connectivity index (χ1) is 13.3. The first kappa shape index (κ1) is 19.2. The Morgan fingerprint density at radius 1 is 0.929 bits per heavy atom. The molecule has 2 aromatic heterocycles. The standard InChI is InChI=1S/C16H11F5N6O/c17-10-3-1-9(2-4-10)8-28-15-23-7-11(18)13(25-15)26-27-14-22-6-5-12(24-14)16(19,20)21/h1-7H,8H2,(H,22,24,27)(H,23,25,26). The van der Waals surface area contributed by atoms with Crippen LogP contribution in [0.4, 0.5) is 33.7 Å². The molecule has 3 aromatic rings. The highest BCUT2D eigenvalue weighted by molar-refractivity contribution is 5.42. The molecule has 0 fully saturated rings. The van der Waals surface area contributed by atoms with Crippen LogP contribution < -0.4 is 15.6 Å². The quantitative estimate of drug-likeness (QED) is 0.485. The summed E-state index contributed by atoms with van der Waals surface area (Å²) >= 11 is 0. The molecule has 0 spiro atoms. The summed E-state index contributed by atoms with van der Waals surface area (Å²) in [6.07, 6.45) is -2.95. The van der Waals surface area contributed by atoms with Crippen molar-refractivity contribution in [2.75, 3.05) is 10.9 Å². The number of ether oxygens (including phenoxy) is 1. The monoisotopic (exact) mass is 398 g/mol. The lowest BCUT2D eigenvalue weighted by molar-refractivity contribution is -0.141. The van der Waals surface area contributed by atoms with Gasteiger partial charge >= 0.3 is 12.2 Å². The number of alkyl halides is 3. The number of aromatic nitrogens is 4. The molecule has 2 heterocycles. The third kappa shape index (κ3) is 4.99. The molecule has 0 aliphatic heterocycles. The predicted molar refractivity (Wildman–Crippen MR) is 87.0 cm³/mol. The Hall–Kier alpha value is -3.57. The minimum absolute atomic E-state index is 0.00444. The number of anilines is 2. The van der Waals surface area contributed by atoms with Crippen LogP contribution in [0.3, 0.4) is 0 Å². The average Bonchev–Trinajstić information content (AvgIpc) is 2.67. The topological polar surface area (TPSA) is 84.9 Å². The highest BCUT2D eigenvalue weighted by Crippen LogP contribution is 2.27. The lowest BCUT2D eigenvalue weighted by Crippen LogP contribution is -2.17. The number of nitrogens with one attached hydrogen (secondary N) is 2. The van der Waals surface area contributed by atoms with Crippen LogP contribution in [0.1, 0.15) is 11.3 Å². The summed E-state index contributed by atoms with van der Waals surface area (Å²) in [6.45, 7) is -0.00444. The van der Waals surface area contributed by atoms with E-state index in [1.54, 1.807) is 0 Å². The lowest BCUT2D eigenvalue weighted by atomic mass is 10.2. The second kappa shape index (κ2) is 7.98. The van der Waals surface area contributed by atoms with Crippen LogP contribution in [-0.4, -0.2) is 19.9 Å². The summed E-state index contributed by atoms with van der Waals surface area (Å²) in [5.41, 5.74) is 3.93. The number of hydrogen-bond acceptors (Lipinski definition) is 7. The first-order valence-corrected chi connectivity index (χ1v) is 7.63. The van der Waals surface area contributed by atoms with Gasteiger partial charge in [0.2, 0.25) is 5.95 Å². The van der Waals surface area contributed by atoms with Gasteiger partial charge in [-0.3, -0.25) is 10.9 Å². The Labute approximate surface area is 154 Å². The second-order valence-electron chi connectivity index (χ2n) is 5.28. The second-order valence-corrected chi connectivity index (χ2v) is 5.28. The minimum atomic E-state index is -4.65. The molecule has 0 atom stereocenters. The SMILES string of the molecule is Fc1ccc(COc2ncc(F)c(NNc3nccc(C(F)(F)F)n3)n2)cc1. The third-order valence-corrected chi connectivity index (χ3v) is 3.24. The molecule has 0 unspecified atom stereocenters. The molecular weight excluding hydrogens is 387 g/mol. The maximum Gasteiger partial charge on any atom is 0.433 e. The molecular formula is C16H11F5N6O. The van der Waals surface area contributed by atoms with Crippen molar-refractivity contribution in [1.29, 1.82) is 0 Å². The Morgan fingerprint density at radius 3 is 2.39 bits per heavy atom. The fourth-order valence-electron chi connectivity index (χ4n) is 1.93. The molecule has 28 heavy (non-hydrogen) atoms. The molecule has 1 aromatic carbocycles. The predicted octanol–water partition coefficient (Wildman–Crippen LogP) is 3.58. The molecule has 2 N–H and O–H groups in total. The third-order valence-electron chi connectivity index (χ3n) is 3.24. The van der Waals surface area contributed by atoms with Crippen LogP contribution in [0.5, 0.6) is 6.01 Å². The molecule has 0 aliphatic carbocycles. The highest BCUT2D eigenvalue weighted by Gasteiger charge is 2.32.